The number of ether oxygens (including phenoxy) is 2. The number of rotatable bonds is 7. The predicted octanol–water partition coefficient (Wildman–Crippen LogP) is 3.70. The van der Waals surface area contributed by atoms with Crippen molar-refractivity contribution in [2.24, 2.45) is 0 Å². The zero-order valence-electron chi connectivity index (χ0n) is 15.9. The summed E-state index contributed by atoms with van der Waals surface area (Å²) in [7, 11) is 1.52. The van der Waals surface area contributed by atoms with Crippen LogP contribution in [0.1, 0.15) is 23.7 Å². The highest BCUT2D eigenvalue weighted by Gasteiger charge is 2.39. The Hall–Kier alpha value is -3.32. The molecule has 0 radical (unpaired) electrons. The summed E-state index contributed by atoms with van der Waals surface area (Å²) in [6.07, 6.45) is 0.712. The molecule has 0 fully saturated rings. The third-order valence-electron chi connectivity index (χ3n) is 4.16. The van der Waals surface area contributed by atoms with Crippen molar-refractivity contribution in [2.45, 2.75) is 13.3 Å². The van der Waals surface area contributed by atoms with Crippen LogP contribution in [0, 0.1) is 0 Å². The molecule has 3 rings (SSSR count). The number of nitrogens with zero attached hydrogens (tertiary/aromatic N) is 1. The fourth-order valence-corrected chi connectivity index (χ4v) is 2.94. The molecular formula is C21H19ClN2O5. The Kier molecular flexibility index (Phi) is 6.19. The van der Waals surface area contributed by atoms with Crippen LogP contribution in [0.15, 0.2) is 59.3 Å². The summed E-state index contributed by atoms with van der Waals surface area (Å²) in [5, 5.41) is 2.62. The number of benzene rings is 2. The van der Waals surface area contributed by atoms with Crippen LogP contribution in [-0.2, 0) is 14.3 Å². The molecule has 0 aromatic heterocycles. The normalized spacial score (nSPS) is 13.7. The Bertz CT molecular complexity index is 985. The van der Waals surface area contributed by atoms with Gasteiger partial charge in [-0.15, -0.1) is 0 Å². The van der Waals surface area contributed by atoms with E-state index in [-0.39, 0.29) is 10.7 Å². The Balaban J connectivity index is 1.81. The van der Waals surface area contributed by atoms with Gasteiger partial charge in [0, 0.05) is 5.69 Å². The lowest BCUT2D eigenvalue weighted by molar-refractivity contribution is -0.120. The molecule has 0 bridgehead atoms. The van der Waals surface area contributed by atoms with Crippen molar-refractivity contribution in [3.8, 4) is 5.75 Å². The van der Waals surface area contributed by atoms with Crippen molar-refractivity contribution in [3.63, 3.8) is 0 Å². The molecule has 2 amide bonds. The summed E-state index contributed by atoms with van der Waals surface area (Å²) in [5.74, 6) is -1.10. The van der Waals surface area contributed by atoms with E-state index in [1.165, 1.54) is 13.2 Å². The van der Waals surface area contributed by atoms with Crippen molar-refractivity contribution in [1.82, 2.24) is 0 Å². The number of hydrogen-bond donors (Lipinski definition) is 1. The SMILES string of the molecule is CCCOC(=O)c1cccc(NC2=C(Cl)C(=O)N(c3ccc(OC)cc3)C2=O)c1. The van der Waals surface area contributed by atoms with Crippen LogP contribution in [-0.4, -0.2) is 31.5 Å². The fraction of sp³-hybridized carbons (Fsp3) is 0.190. The second kappa shape index (κ2) is 8.79. The topological polar surface area (TPSA) is 84.9 Å². The highest BCUT2D eigenvalue weighted by atomic mass is 35.5. The number of amides is 2. The molecule has 1 aliphatic heterocycles. The molecule has 8 heteroatoms. The van der Waals surface area contributed by atoms with Crippen molar-refractivity contribution >= 4 is 40.8 Å². The molecule has 1 aliphatic rings. The van der Waals surface area contributed by atoms with Gasteiger partial charge in [-0.3, -0.25) is 9.59 Å². The van der Waals surface area contributed by atoms with Crippen LogP contribution in [0.2, 0.25) is 0 Å². The van der Waals surface area contributed by atoms with E-state index in [9.17, 15) is 14.4 Å². The molecule has 2 aromatic rings. The lowest BCUT2D eigenvalue weighted by atomic mass is 10.2. The Morgan fingerprint density at radius 3 is 2.48 bits per heavy atom. The van der Waals surface area contributed by atoms with E-state index >= 15 is 0 Å². The Labute approximate surface area is 172 Å². The van der Waals surface area contributed by atoms with Gasteiger partial charge in [0.1, 0.15) is 16.5 Å². The van der Waals surface area contributed by atoms with E-state index in [4.69, 9.17) is 21.1 Å². The van der Waals surface area contributed by atoms with Gasteiger partial charge in [-0.25, -0.2) is 9.69 Å². The van der Waals surface area contributed by atoms with E-state index < -0.39 is 17.8 Å². The number of halogens is 1. The van der Waals surface area contributed by atoms with E-state index in [1.807, 2.05) is 6.92 Å². The number of hydrogen-bond acceptors (Lipinski definition) is 6. The minimum Gasteiger partial charge on any atom is -0.497 e. The zero-order chi connectivity index (χ0) is 21.0. The number of carbonyl (C=O) groups excluding carboxylic acids is 3. The van der Waals surface area contributed by atoms with Crippen LogP contribution in [0.25, 0.3) is 0 Å². The fourth-order valence-electron chi connectivity index (χ4n) is 2.72. The summed E-state index contributed by atoms with van der Waals surface area (Å²) in [5.41, 5.74) is 1.06. The minimum absolute atomic E-state index is 0.0634. The monoisotopic (exact) mass is 414 g/mol. The lowest BCUT2D eigenvalue weighted by Gasteiger charge is -2.15. The molecule has 0 spiro atoms. The van der Waals surface area contributed by atoms with Crippen LogP contribution < -0.4 is 15.0 Å². The van der Waals surface area contributed by atoms with E-state index in [1.54, 1.807) is 42.5 Å². The Morgan fingerprint density at radius 1 is 1.10 bits per heavy atom. The van der Waals surface area contributed by atoms with Crippen LogP contribution in [0.3, 0.4) is 0 Å². The summed E-state index contributed by atoms with van der Waals surface area (Å²) >= 11 is 6.14. The molecule has 1 N–H and O–H groups in total. The highest BCUT2D eigenvalue weighted by Crippen LogP contribution is 2.31. The summed E-state index contributed by atoms with van der Waals surface area (Å²) in [6.45, 7) is 2.22. The largest absolute Gasteiger partial charge is 0.497 e. The summed E-state index contributed by atoms with van der Waals surface area (Å²) in [4.78, 5) is 38.4. The Morgan fingerprint density at radius 2 is 1.83 bits per heavy atom. The first-order valence-electron chi connectivity index (χ1n) is 8.93. The molecule has 29 heavy (non-hydrogen) atoms. The van der Waals surface area contributed by atoms with Crippen molar-refractivity contribution in [2.75, 3.05) is 23.9 Å². The number of imide groups is 1. The maximum Gasteiger partial charge on any atom is 0.338 e. The molecule has 0 aliphatic carbocycles. The number of methoxy groups -OCH3 is 1. The van der Waals surface area contributed by atoms with Gasteiger partial charge in [0.2, 0.25) is 0 Å². The first-order valence-corrected chi connectivity index (χ1v) is 9.31. The maximum absolute atomic E-state index is 12.8. The van der Waals surface area contributed by atoms with Gasteiger partial charge in [0.25, 0.3) is 11.8 Å². The maximum atomic E-state index is 12.8. The number of carbonyl (C=O) groups is 3. The standard InChI is InChI=1S/C21H19ClN2O5/c1-3-11-29-21(27)13-5-4-6-14(12-13)23-18-17(22)19(25)24(20(18)26)15-7-9-16(28-2)10-8-15/h4-10,12,23H,3,11H2,1-2H3. The molecule has 150 valence electrons. The highest BCUT2D eigenvalue weighted by molar-refractivity contribution is 6.53. The number of nitrogens with one attached hydrogen (secondary N) is 1. The average molecular weight is 415 g/mol. The molecule has 0 saturated carbocycles. The van der Waals surface area contributed by atoms with E-state index in [0.29, 0.717) is 35.7 Å². The predicted molar refractivity (Wildman–Crippen MR) is 109 cm³/mol. The minimum atomic E-state index is -0.636. The number of esters is 1. The average Bonchev–Trinajstić information content (AvgIpc) is 2.95. The quantitative estimate of drug-likeness (QED) is 0.549. The van der Waals surface area contributed by atoms with Gasteiger partial charge in [0.15, 0.2) is 0 Å². The molecule has 2 aromatic carbocycles. The first-order chi connectivity index (χ1) is 14.0. The molecular weight excluding hydrogens is 396 g/mol. The third-order valence-corrected chi connectivity index (χ3v) is 4.51. The van der Waals surface area contributed by atoms with Gasteiger partial charge < -0.3 is 14.8 Å². The summed E-state index contributed by atoms with van der Waals surface area (Å²) < 4.78 is 10.2. The van der Waals surface area contributed by atoms with E-state index in [2.05, 4.69) is 5.32 Å². The third kappa shape index (κ3) is 4.25. The van der Waals surface area contributed by atoms with Crippen molar-refractivity contribution in [3.05, 3.63) is 64.8 Å². The zero-order valence-corrected chi connectivity index (χ0v) is 16.7. The van der Waals surface area contributed by atoms with Crippen molar-refractivity contribution in [1.29, 1.82) is 0 Å². The van der Waals surface area contributed by atoms with Gasteiger partial charge >= 0.3 is 5.97 Å². The molecule has 0 atom stereocenters. The van der Waals surface area contributed by atoms with Gasteiger partial charge in [-0.2, -0.15) is 0 Å². The van der Waals surface area contributed by atoms with Crippen LogP contribution in [0.5, 0.6) is 5.75 Å². The molecule has 0 saturated heterocycles. The molecule has 7 nitrogen and oxygen atoms in total. The second-order valence-electron chi connectivity index (χ2n) is 6.17. The smallest absolute Gasteiger partial charge is 0.338 e. The molecule has 1 heterocycles. The van der Waals surface area contributed by atoms with Gasteiger partial charge in [-0.05, 0) is 48.9 Å². The lowest BCUT2D eigenvalue weighted by Crippen LogP contribution is -2.32. The van der Waals surface area contributed by atoms with Crippen LogP contribution >= 0.6 is 11.6 Å². The first kappa shape index (κ1) is 20.4. The van der Waals surface area contributed by atoms with Crippen LogP contribution in [0.4, 0.5) is 11.4 Å². The van der Waals surface area contributed by atoms with Crippen molar-refractivity contribution < 1.29 is 23.9 Å². The van der Waals surface area contributed by atoms with Gasteiger partial charge in [0.05, 0.1) is 25.0 Å². The summed E-state index contributed by atoms with van der Waals surface area (Å²) in [6, 6.07) is 12.9. The molecule has 0 unspecified atom stereocenters. The van der Waals surface area contributed by atoms with Gasteiger partial charge in [-0.1, -0.05) is 24.6 Å². The number of anilines is 2. The van der Waals surface area contributed by atoms with E-state index in [0.717, 1.165) is 4.90 Å². The second-order valence-corrected chi connectivity index (χ2v) is 6.55.